The molecule has 160 valence electrons. The van der Waals surface area contributed by atoms with Crippen molar-refractivity contribution in [3.8, 4) is 5.75 Å². The number of thiazole rings is 1. The molecule has 0 radical (unpaired) electrons. The molecule has 2 aromatic heterocycles. The van der Waals surface area contributed by atoms with Gasteiger partial charge in [-0.25, -0.2) is 9.78 Å². The Morgan fingerprint density at radius 3 is 2.70 bits per heavy atom. The van der Waals surface area contributed by atoms with Gasteiger partial charge in [0.15, 0.2) is 0 Å². The lowest BCUT2D eigenvalue weighted by Gasteiger charge is -2.33. The molecule has 3 heterocycles. The van der Waals surface area contributed by atoms with E-state index in [9.17, 15) is 4.79 Å². The molecular weight excluding hydrogens is 398 g/mol. The summed E-state index contributed by atoms with van der Waals surface area (Å²) in [6, 6.07) is 6.11. The number of amides is 1. The molecule has 0 saturated carbocycles. The van der Waals surface area contributed by atoms with Crippen LogP contribution in [0.25, 0.3) is 21.1 Å². The van der Waals surface area contributed by atoms with Crippen molar-refractivity contribution >= 4 is 38.5 Å². The lowest BCUT2D eigenvalue weighted by Crippen LogP contribution is -2.44. The SMILES string of the molecule is CCCc1nc2cnc3cc(OC4CCN(C(=O)OC(C)(C)C)CC4)ccc3c2s1. The molecule has 0 unspecified atom stereocenters. The van der Waals surface area contributed by atoms with Crippen molar-refractivity contribution in [2.75, 3.05) is 13.1 Å². The number of nitrogens with zero attached hydrogens (tertiary/aromatic N) is 3. The van der Waals surface area contributed by atoms with Gasteiger partial charge in [-0.3, -0.25) is 4.98 Å². The minimum atomic E-state index is -0.469. The third-order valence-corrected chi connectivity index (χ3v) is 6.26. The second-order valence-corrected chi connectivity index (χ2v) is 9.88. The maximum atomic E-state index is 12.2. The second-order valence-electron chi connectivity index (χ2n) is 8.79. The van der Waals surface area contributed by atoms with Gasteiger partial charge in [0, 0.05) is 37.4 Å². The van der Waals surface area contributed by atoms with Crippen molar-refractivity contribution < 1.29 is 14.3 Å². The number of aryl methyl sites for hydroxylation is 1. The van der Waals surface area contributed by atoms with Gasteiger partial charge in [0.05, 0.1) is 21.4 Å². The molecule has 4 rings (SSSR count). The first-order valence-corrected chi connectivity index (χ1v) is 11.5. The summed E-state index contributed by atoms with van der Waals surface area (Å²) in [7, 11) is 0. The Balaban J connectivity index is 1.42. The quantitative estimate of drug-likeness (QED) is 0.544. The van der Waals surface area contributed by atoms with Crippen LogP contribution in [0.4, 0.5) is 4.79 Å². The van der Waals surface area contributed by atoms with E-state index in [0.717, 1.165) is 47.9 Å². The highest BCUT2D eigenvalue weighted by Crippen LogP contribution is 2.32. The number of ether oxygens (including phenoxy) is 2. The molecule has 6 nitrogen and oxygen atoms in total. The zero-order chi connectivity index (χ0) is 21.3. The van der Waals surface area contributed by atoms with Crippen LogP contribution in [0.3, 0.4) is 0 Å². The number of aromatic nitrogens is 2. The van der Waals surface area contributed by atoms with Crippen LogP contribution in [0.1, 0.15) is 52.0 Å². The van der Waals surface area contributed by atoms with Gasteiger partial charge in [-0.2, -0.15) is 0 Å². The number of hydrogen-bond donors (Lipinski definition) is 0. The smallest absolute Gasteiger partial charge is 0.410 e. The maximum Gasteiger partial charge on any atom is 0.410 e. The van der Waals surface area contributed by atoms with E-state index in [1.165, 1.54) is 9.71 Å². The average molecular weight is 428 g/mol. The summed E-state index contributed by atoms with van der Waals surface area (Å²) in [5.74, 6) is 0.823. The molecule has 0 bridgehead atoms. The fourth-order valence-corrected chi connectivity index (χ4v) is 4.84. The normalized spacial score (nSPS) is 15.7. The summed E-state index contributed by atoms with van der Waals surface area (Å²) in [6.45, 7) is 9.13. The van der Waals surface area contributed by atoms with Gasteiger partial charge in [0.1, 0.15) is 23.0 Å². The van der Waals surface area contributed by atoms with Crippen LogP contribution in [0, 0.1) is 0 Å². The third kappa shape index (κ3) is 4.67. The number of benzene rings is 1. The highest BCUT2D eigenvalue weighted by Gasteiger charge is 2.27. The Hall–Kier alpha value is -2.41. The molecular formula is C23H29N3O3S. The first-order valence-electron chi connectivity index (χ1n) is 10.6. The van der Waals surface area contributed by atoms with Gasteiger partial charge in [-0.15, -0.1) is 11.3 Å². The number of carbonyl (C=O) groups is 1. The van der Waals surface area contributed by atoms with Crippen LogP contribution < -0.4 is 4.74 Å². The molecule has 0 atom stereocenters. The van der Waals surface area contributed by atoms with E-state index in [-0.39, 0.29) is 12.2 Å². The first-order chi connectivity index (χ1) is 14.3. The van der Waals surface area contributed by atoms with E-state index < -0.39 is 5.60 Å². The average Bonchev–Trinajstić information content (AvgIpc) is 3.10. The van der Waals surface area contributed by atoms with Gasteiger partial charge in [-0.05, 0) is 45.7 Å². The van der Waals surface area contributed by atoms with Crippen LogP contribution in [-0.2, 0) is 11.2 Å². The minimum absolute atomic E-state index is 0.0874. The molecule has 1 aliphatic rings. The Bertz CT molecular complexity index is 1050. The van der Waals surface area contributed by atoms with E-state index in [4.69, 9.17) is 14.5 Å². The number of fused-ring (bicyclic) bond motifs is 3. The van der Waals surface area contributed by atoms with E-state index in [1.54, 1.807) is 16.2 Å². The summed E-state index contributed by atoms with van der Waals surface area (Å²) < 4.78 is 12.9. The molecule has 30 heavy (non-hydrogen) atoms. The molecule has 1 fully saturated rings. The second kappa shape index (κ2) is 8.38. The van der Waals surface area contributed by atoms with Gasteiger partial charge < -0.3 is 14.4 Å². The van der Waals surface area contributed by atoms with Crippen molar-refractivity contribution in [1.82, 2.24) is 14.9 Å². The zero-order valence-corrected chi connectivity index (χ0v) is 18.9. The monoisotopic (exact) mass is 427 g/mol. The fraction of sp³-hybridized carbons (Fsp3) is 0.522. The molecule has 1 saturated heterocycles. The van der Waals surface area contributed by atoms with Crippen LogP contribution in [0.5, 0.6) is 5.75 Å². The van der Waals surface area contributed by atoms with Crippen molar-refractivity contribution in [3.63, 3.8) is 0 Å². The van der Waals surface area contributed by atoms with Crippen LogP contribution >= 0.6 is 11.3 Å². The zero-order valence-electron chi connectivity index (χ0n) is 18.1. The highest BCUT2D eigenvalue weighted by molar-refractivity contribution is 7.19. The largest absolute Gasteiger partial charge is 0.490 e. The standard InChI is InChI=1S/C23H29N3O3S/c1-5-6-20-25-19-14-24-18-13-16(7-8-17(18)21(19)30-20)28-15-9-11-26(12-10-15)22(27)29-23(2,3)4/h7-8,13-15H,5-6,9-12H2,1-4H3. The molecule has 0 aliphatic carbocycles. The Labute approximate surface area is 181 Å². The topological polar surface area (TPSA) is 64.6 Å². The highest BCUT2D eigenvalue weighted by atomic mass is 32.1. The summed E-state index contributed by atoms with van der Waals surface area (Å²) in [4.78, 5) is 23.3. The summed E-state index contributed by atoms with van der Waals surface area (Å²) in [6.07, 6.45) is 5.38. The van der Waals surface area contributed by atoms with Crippen LogP contribution in [0.15, 0.2) is 24.4 Å². The number of hydrogen-bond acceptors (Lipinski definition) is 6. The summed E-state index contributed by atoms with van der Waals surface area (Å²) in [5, 5.41) is 2.29. The maximum absolute atomic E-state index is 12.2. The number of piperidine rings is 1. The van der Waals surface area contributed by atoms with Gasteiger partial charge >= 0.3 is 6.09 Å². The van der Waals surface area contributed by atoms with E-state index in [1.807, 2.05) is 39.1 Å². The number of rotatable bonds is 4. The first kappa shape index (κ1) is 20.8. The predicted molar refractivity (Wildman–Crippen MR) is 120 cm³/mol. The Morgan fingerprint density at radius 1 is 1.23 bits per heavy atom. The fourth-order valence-electron chi connectivity index (χ4n) is 3.67. The molecule has 0 spiro atoms. The van der Waals surface area contributed by atoms with E-state index >= 15 is 0 Å². The minimum Gasteiger partial charge on any atom is -0.490 e. The van der Waals surface area contributed by atoms with Gasteiger partial charge in [0.25, 0.3) is 0 Å². The Morgan fingerprint density at radius 2 is 2.00 bits per heavy atom. The van der Waals surface area contributed by atoms with Crippen LogP contribution in [-0.4, -0.2) is 45.8 Å². The van der Waals surface area contributed by atoms with Crippen molar-refractivity contribution in [1.29, 1.82) is 0 Å². The van der Waals surface area contributed by atoms with Gasteiger partial charge in [0.2, 0.25) is 0 Å². The van der Waals surface area contributed by atoms with E-state index in [2.05, 4.69) is 18.0 Å². The third-order valence-electron chi connectivity index (χ3n) is 5.10. The molecule has 0 N–H and O–H groups in total. The molecule has 1 aliphatic heterocycles. The van der Waals surface area contributed by atoms with Gasteiger partial charge in [-0.1, -0.05) is 6.92 Å². The molecule has 3 aromatic rings. The lowest BCUT2D eigenvalue weighted by atomic mass is 10.1. The van der Waals surface area contributed by atoms with Crippen molar-refractivity contribution in [3.05, 3.63) is 29.4 Å². The van der Waals surface area contributed by atoms with Crippen molar-refractivity contribution in [2.24, 2.45) is 0 Å². The number of likely N-dealkylation sites (tertiary alicyclic amines) is 1. The predicted octanol–water partition coefficient (Wildman–Crippen LogP) is 5.58. The number of carbonyl (C=O) groups excluding carboxylic acids is 1. The lowest BCUT2D eigenvalue weighted by molar-refractivity contribution is 0.0127. The van der Waals surface area contributed by atoms with E-state index in [0.29, 0.717) is 13.1 Å². The molecule has 7 heteroatoms. The summed E-state index contributed by atoms with van der Waals surface area (Å²) >= 11 is 1.76. The number of pyridine rings is 1. The Kier molecular flexibility index (Phi) is 5.82. The summed E-state index contributed by atoms with van der Waals surface area (Å²) in [5.41, 5.74) is 1.43. The molecule has 1 amide bonds. The van der Waals surface area contributed by atoms with Crippen molar-refractivity contribution in [2.45, 2.75) is 65.1 Å². The molecule has 1 aromatic carbocycles. The van der Waals surface area contributed by atoms with Crippen LogP contribution in [0.2, 0.25) is 0 Å².